The normalized spacial score (nSPS) is 22.3. The van der Waals surface area contributed by atoms with Gasteiger partial charge < -0.3 is 20.9 Å². The summed E-state index contributed by atoms with van der Waals surface area (Å²) in [6, 6.07) is 11.8. The molecule has 5 rings (SSSR count). The van der Waals surface area contributed by atoms with Gasteiger partial charge in [-0.15, -0.1) is 0 Å². The number of amides is 4. The van der Waals surface area contributed by atoms with E-state index in [4.69, 9.17) is 0 Å². The van der Waals surface area contributed by atoms with Gasteiger partial charge in [0.15, 0.2) is 0 Å². The number of nitrogens with zero attached hydrogens (tertiary/aromatic N) is 2. The van der Waals surface area contributed by atoms with Crippen LogP contribution in [0.4, 0.5) is 10.1 Å². The fraction of sp³-hybridized carbons (Fsp3) is 0.485. The first-order chi connectivity index (χ1) is 20.4. The molecule has 226 valence electrons. The van der Waals surface area contributed by atoms with E-state index in [1.807, 2.05) is 39.0 Å². The van der Waals surface area contributed by atoms with E-state index in [2.05, 4.69) is 22.0 Å². The summed E-state index contributed by atoms with van der Waals surface area (Å²) >= 11 is 0. The quantitative estimate of drug-likeness (QED) is 0.407. The summed E-state index contributed by atoms with van der Waals surface area (Å²) in [6.07, 6.45) is 3.74. The Morgan fingerprint density at radius 1 is 1.09 bits per heavy atom. The first-order valence-corrected chi connectivity index (χ1v) is 14.9. The minimum absolute atomic E-state index is 0.0236. The zero-order chi connectivity index (χ0) is 30.9. The van der Waals surface area contributed by atoms with Gasteiger partial charge in [0.2, 0.25) is 17.7 Å². The Labute approximate surface area is 251 Å². The maximum atomic E-state index is 14.2. The highest BCUT2D eigenvalue weighted by atomic mass is 19.1. The van der Waals surface area contributed by atoms with Crippen LogP contribution in [-0.4, -0.2) is 53.2 Å². The van der Waals surface area contributed by atoms with Crippen LogP contribution in [0.1, 0.15) is 75.2 Å². The van der Waals surface area contributed by atoms with E-state index in [1.54, 1.807) is 6.07 Å². The average Bonchev–Trinajstić information content (AvgIpc) is 3.65. The molecule has 1 spiro atoms. The summed E-state index contributed by atoms with van der Waals surface area (Å²) in [4.78, 5) is 55.5. The Morgan fingerprint density at radius 3 is 2.44 bits per heavy atom. The molecule has 3 aliphatic rings. The summed E-state index contributed by atoms with van der Waals surface area (Å²) in [6.45, 7) is 5.88. The number of fused-ring (bicyclic) bond motifs is 2. The van der Waals surface area contributed by atoms with Crippen LogP contribution in [0.3, 0.4) is 0 Å². The van der Waals surface area contributed by atoms with Crippen LogP contribution < -0.4 is 16.0 Å². The van der Waals surface area contributed by atoms with Crippen LogP contribution in [0.25, 0.3) is 0 Å². The van der Waals surface area contributed by atoms with E-state index < -0.39 is 47.1 Å². The second-order valence-corrected chi connectivity index (χ2v) is 13.3. The van der Waals surface area contributed by atoms with Crippen molar-refractivity contribution in [3.8, 4) is 6.07 Å². The minimum Gasteiger partial charge on any atom is -0.342 e. The zero-order valence-corrected chi connectivity index (χ0v) is 24.8. The number of carbonyl (C=O) groups is 4. The first kappa shape index (κ1) is 30.2. The lowest BCUT2D eigenvalue weighted by Gasteiger charge is -2.32. The summed E-state index contributed by atoms with van der Waals surface area (Å²) in [5, 5.41) is 18.6. The van der Waals surface area contributed by atoms with Crippen molar-refractivity contribution >= 4 is 29.3 Å². The monoisotopic (exact) mass is 587 g/mol. The van der Waals surface area contributed by atoms with Crippen LogP contribution in [0.5, 0.6) is 0 Å². The number of hydrogen-bond donors (Lipinski definition) is 3. The van der Waals surface area contributed by atoms with Crippen molar-refractivity contribution in [3.63, 3.8) is 0 Å². The average molecular weight is 588 g/mol. The van der Waals surface area contributed by atoms with Crippen molar-refractivity contribution in [1.82, 2.24) is 15.5 Å². The molecule has 2 aromatic carbocycles. The molecule has 9 nitrogen and oxygen atoms in total. The Hall–Kier alpha value is -4.26. The number of benzene rings is 2. The van der Waals surface area contributed by atoms with Crippen LogP contribution in [0.2, 0.25) is 0 Å². The van der Waals surface area contributed by atoms with E-state index in [9.17, 15) is 28.8 Å². The molecule has 1 aliphatic carbocycles. The van der Waals surface area contributed by atoms with E-state index in [0.29, 0.717) is 18.0 Å². The second kappa shape index (κ2) is 11.8. The molecule has 2 heterocycles. The van der Waals surface area contributed by atoms with Gasteiger partial charge in [0.25, 0.3) is 5.91 Å². The molecular formula is C33H38FN5O4. The van der Waals surface area contributed by atoms with E-state index >= 15 is 0 Å². The molecule has 0 aromatic heterocycles. The summed E-state index contributed by atoms with van der Waals surface area (Å²) in [5.41, 5.74) is 0.246. The van der Waals surface area contributed by atoms with Crippen molar-refractivity contribution in [3.05, 3.63) is 65.5 Å². The molecule has 1 saturated heterocycles. The van der Waals surface area contributed by atoms with Gasteiger partial charge in [0.1, 0.15) is 23.9 Å². The first-order valence-electron chi connectivity index (χ1n) is 14.9. The fourth-order valence-corrected chi connectivity index (χ4v) is 6.19. The fourth-order valence-electron chi connectivity index (χ4n) is 6.19. The molecule has 0 bridgehead atoms. The third-order valence-corrected chi connectivity index (χ3v) is 8.64. The van der Waals surface area contributed by atoms with Gasteiger partial charge in [-0.25, -0.2) is 4.39 Å². The number of para-hydroxylation sites is 1. The molecule has 4 atom stereocenters. The molecule has 43 heavy (non-hydrogen) atoms. The highest BCUT2D eigenvalue weighted by Gasteiger charge is 2.56. The number of anilines is 1. The zero-order valence-electron chi connectivity index (χ0n) is 24.8. The number of rotatable bonds is 9. The molecule has 10 heteroatoms. The molecular weight excluding hydrogens is 549 g/mol. The number of carbonyl (C=O) groups excluding carboxylic acids is 4. The van der Waals surface area contributed by atoms with Crippen molar-refractivity contribution in [2.75, 3.05) is 11.9 Å². The van der Waals surface area contributed by atoms with Gasteiger partial charge in [-0.1, -0.05) is 51.8 Å². The molecule has 1 saturated carbocycles. The molecule has 4 amide bonds. The third kappa shape index (κ3) is 6.56. The van der Waals surface area contributed by atoms with Gasteiger partial charge >= 0.3 is 0 Å². The van der Waals surface area contributed by atoms with Gasteiger partial charge in [-0.3, -0.25) is 19.2 Å². The predicted octanol–water partition coefficient (Wildman–Crippen LogP) is 4.05. The number of likely N-dealkylation sites (tertiary alicyclic amines) is 1. The van der Waals surface area contributed by atoms with Crippen molar-refractivity contribution in [1.29, 1.82) is 5.26 Å². The SMILES string of the molecule is CC(C)(C)C[C@H](NC(=O)[C@H](CCC1CC1)NC(=O)c1ccc(F)cc1)C(=O)N1C[C@]2(C[C@H]1C#N)C(=O)Nc1ccccc12. The molecule has 3 N–H and O–H groups in total. The summed E-state index contributed by atoms with van der Waals surface area (Å²) in [5.74, 6) is -1.65. The number of hydrogen-bond acceptors (Lipinski definition) is 5. The smallest absolute Gasteiger partial charge is 0.251 e. The van der Waals surface area contributed by atoms with Gasteiger partial charge in [0, 0.05) is 24.2 Å². The van der Waals surface area contributed by atoms with Crippen LogP contribution in [0.15, 0.2) is 48.5 Å². The maximum Gasteiger partial charge on any atom is 0.251 e. The van der Waals surface area contributed by atoms with Crippen LogP contribution in [0, 0.1) is 28.5 Å². The highest BCUT2D eigenvalue weighted by molar-refractivity contribution is 6.07. The topological polar surface area (TPSA) is 131 Å². The van der Waals surface area contributed by atoms with E-state index in [1.165, 1.54) is 29.2 Å². The van der Waals surface area contributed by atoms with Crippen molar-refractivity contribution in [2.24, 2.45) is 11.3 Å². The van der Waals surface area contributed by atoms with Gasteiger partial charge in [0.05, 0.1) is 11.5 Å². The lowest BCUT2D eigenvalue weighted by molar-refractivity contribution is -0.138. The van der Waals surface area contributed by atoms with E-state index in [0.717, 1.165) is 24.8 Å². The Morgan fingerprint density at radius 2 is 1.79 bits per heavy atom. The second-order valence-electron chi connectivity index (χ2n) is 13.3. The van der Waals surface area contributed by atoms with Crippen LogP contribution >= 0.6 is 0 Å². The number of nitriles is 1. The molecule has 0 radical (unpaired) electrons. The Balaban J connectivity index is 1.37. The van der Waals surface area contributed by atoms with Gasteiger partial charge in [-0.2, -0.15) is 5.26 Å². The Kier molecular flexibility index (Phi) is 8.28. The standard InChI is InChI=1S/C33H38FN5O4/c1-32(2,3)17-27(30(42)39-19-33(16-23(39)18-35)24-6-4-5-7-25(24)38-31(33)43)37-29(41)26(15-10-20-8-9-20)36-28(40)21-11-13-22(34)14-12-21/h4-7,11-14,20,23,26-27H,8-10,15-17,19H2,1-3H3,(H,36,40)(H,37,41)(H,38,43)/t23-,26-,27-,33-/m0/s1. The third-order valence-electron chi connectivity index (χ3n) is 8.64. The lowest BCUT2D eigenvalue weighted by Crippen LogP contribution is -2.56. The van der Waals surface area contributed by atoms with Crippen LogP contribution in [-0.2, 0) is 19.8 Å². The largest absolute Gasteiger partial charge is 0.342 e. The maximum absolute atomic E-state index is 14.2. The summed E-state index contributed by atoms with van der Waals surface area (Å²) < 4.78 is 13.4. The predicted molar refractivity (Wildman–Crippen MR) is 158 cm³/mol. The van der Waals surface area contributed by atoms with Crippen molar-refractivity contribution in [2.45, 2.75) is 82.8 Å². The number of nitrogens with one attached hydrogen (secondary N) is 3. The minimum atomic E-state index is -1.04. The molecule has 0 unspecified atom stereocenters. The molecule has 2 fully saturated rings. The van der Waals surface area contributed by atoms with Gasteiger partial charge in [-0.05, 0) is 66.5 Å². The Bertz CT molecular complexity index is 1460. The molecule has 2 aliphatic heterocycles. The molecule has 2 aromatic rings. The van der Waals surface area contributed by atoms with E-state index in [-0.39, 0.29) is 36.3 Å². The number of halogens is 1. The summed E-state index contributed by atoms with van der Waals surface area (Å²) in [7, 11) is 0. The highest BCUT2D eigenvalue weighted by Crippen LogP contribution is 2.46. The lowest BCUT2D eigenvalue weighted by atomic mass is 9.80. The van der Waals surface area contributed by atoms with Crippen molar-refractivity contribution < 1.29 is 23.6 Å².